The molecule has 1 aromatic rings. The summed E-state index contributed by atoms with van der Waals surface area (Å²) in [5.41, 5.74) is -1.26. The smallest absolute Gasteiger partial charge is 0.341 e. The van der Waals surface area contributed by atoms with Gasteiger partial charge in [-0.1, -0.05) is 30.9 Å². The van der Waals surface area contributed by atoms with Crippen molar-refractivity contribution >= 4 is 23.5 Å². The molecule has 2 rings (SSSR count). The van der Waals surface area contributed by atoms with Crippen LogP contribution in [0, 0.1) is 17.1 Å². The van der Waals surface area contributed by atoms with Gasteiger partial charge >= 0.3 is 5.97 Å². The zero-order valence-corrected chi connectivity index (χ0v) is 14.0. The van der Waals surface area contributed by atoms with Gasteiger partial charge in [-0.05, 0) is 38.0 Å². The summed E-state index contributed by atoms with van der Waals surface area (Å²) in [7, 11) is 0. The molecule has 1 atom stereocenters. The van der Waals surface area contributed by atoms with Gasteiger partial charge in [-0.25, -0.2) is 9.18 Å². The molecule has 0 aromatic heterocycles. The van der Waals surface area contributed by atoms with Gasteiger partial charge in [-0.2, -0.15) is 5.26 Å². The fourth-order valence-electron chi connectivity index (χ4n) is 2.69. The van der Waals surface area contributed by atoms with Gasteiger partial charge in [-0.3, -0.25) is 4.79 Å². The number of benzene rings is 1. The maximum Gasteiger partial charge on any atom is 0.341 e. The lowest BCUT2D eigenvalue weighted by atomic mass is 9.83. The van der Waals surface area contributed by atoms with Crippen LogP contribution < -0.4 is 5.32 Å². The average Bonchev–Trinajstić information content (AvgIpc) is 2.57. The average molecular weight is 353 g/mol. The molecule has 0 aliphatic heterocycles. The van der Waals surface area contributed by atoms with Crippen molar-refractivity contribution in [3.05, 3.63) is 34.6 Å². The van der Waals surface area contributed by atoms with Crippen LogP contribution in [0.1, 0.15) is 49.4 Å². The lowest BCUT2D eigenvalue weighted by Crippen LogP contribution is -2.52. The predicted octanol–water partition coefficient (Wildman–Crippen LogP) is 3.37. The molecule has 0 saturated heterocycles. The monoisotopic (exact) mass is 352 g/mol. The minimum absolute atomic E-state index is 0.186. The molecule has 0 bridgehead atoms. The van der Waals surface area contributed by atoms with Crippen LogP contribution in [0.25, 0.3) is 0 Å². The Morgan fingerprint density at radius 2 is 2.04 bits per heavy atom. The van der Waals surface area contributed by atoms with Crippen LogP contribution in [0.5, 0.6) is 0 Å². The highest BCUT2D eigenvalue weighted by atomic mass is 35.5. The largest absolute Gasteiger partial charge is 0.449 e. The van der Waals surface area contributed by atoms with E-state index in [0.717, 1.165) is 31.4 Å². The Balaban J connectivity index is 2.02. The zero-order chi connectivity index (χ0) is 17.7. The van der Waals surface area contributed by atoms with Gasteiger partial charge in [0.2, 0.25) is 0 Å². The molecule has 1 amide bonds. The summed E-state index contributed by atoms with van der Waals surface area (Å²) in [6.07, 6.45) is 2.73. The molecular weight excluding hydrogens is 335 g/mol. The van der Waals surface area contributed by atoms with Crippen LogP contribution in [0.2, 0.25) is 5.02 Å². The second kappa shape index (κ2) is 7.63. The first-order valence-electron chi connectivity index (χ1n) is 7.76. The van der Waals surface area contributed by atoms with E-state index >= 15 is 0 Å². The summed E-state index contributed by atoms with van der Waals surface area (Å²) in [6, 6.07) is 5.66. The Labute approximate surface area is 144 Å². The van der Waals surface area contributed by atoms with Gasteiger partial charge in [0.15, 0.2) is 6.10 Å². The molecule has 1 fully saturated rings. The van der Waals surface area contributed by atoms with Crippen molar-refractivity contribution < 1.29 is 18.7 Å². The number of esters is 1. The van der Waals surface area contributed by atoms with E-state index in [2.05, 4.69) is 11.4 Å². The fourth-order valence-corrected chi connectivity index (χ4v) is 2.86. The highest BCUT2D eigenvalue weighted by molar-refractivity contribution is 6.30. The SMILES string of the molecule is C[C@H](OC(=O)c1cc(Cl)ccc1F)C(=O)NC1(C#N)CCCCC1. The summed E-state index contributed by atoms with van der Waals surface area (Å²) in [6.45, 7) is 1.38. The van der Waals surface area contributed by atoms with Gasteiger partial charge < -0.3 is 10.1 Å². The van der Waals surface area contributed by atoms with Gasteiger partial charge in [0.1, 0.15) is 11.4 Å². The van der Waals surface area contributed by atoms with Crippen LogP contribution in [-0.2, 0) is 9.53 Å². The molecule has 1 aliphatic carbocycles. The first kappa shape index (κ1) is 18.2. The number of ether oxygens (including phenoxy) is 1. The molecular formula is C17H18ClFN2O3. The van der Waals surface area contributed by atoms with E-state index in [4.69, 9.17) is 16.3 Å². The van der Waals surface area contributed by atoms with Crippen LogP contribution in [0.4, 0.5) is 4.39 Å². The van der Waals surface area contributed by atoms with E-state index in [1.807, 2.05) is 0 Å². The molecule has 0 unspecified atom stereocenters. The standard InChI is InChI=1S/C17H18ClFN2O3/c1-11(15(22)21-17(10-20)7-3-2-4-8-17)24-16(23)13-9-12(18)5-6-14(13)19/h5-6,9,11H,2-4,7-8H2,1H3,(H,21,22)/t11-/m0/s1. The number of hydrogen-bond acceptors (Lipinski definition) is 4. The van der Waals surface area contributed by atoms with Crippen LogP contribution in [-0.4, -0.2) is 23.5 Å². The Kier molecular flexibility index (Phi) is 5.79. The number of nitrogens with zero attached hydrogens (tertiary/aromatic N) is 1. The second-order valence-electron chi connectivity index (χ2n) is 5.92. The molecule has 0 heterocycles. The minimum Gasteiger partial charge on any atom is -0.449 e. The van der Waals surface area contributed by atoms with E-state index in [1.54, 1.807) is 0 Å². The van der Waals surface area contributed by atoms with E-state index in [-0.39, 0.29) is 10.6 Å². The molecule has 1 aliphatic rings. The van der Waals surface area contributed by atoms with E-state index in [9.17, 15) is 19.2 Å². The number of carbonyl (C=O) groups excluding carboxylic acids is 2. The summed E-state index contributed by atoms with van der Waals surface area (Å²) in [5, 5.41) is 12.2. The van der Waals surface area contributed by atoms with E-state index in [1.165, 1.54) is 13.0 Å². The highest BCUT2D eigenvalue weighted by Gasteiger charge is 2.35. The van der Waals surface area contributed by atoms with Crippen molar-refractivity contribution in [3.8, 4) is 6.07 Å². The quantitative estimate of drug-likeness (QED) is 0.842. The summed E-state index contributed by atoms with van der Waals surface area (Å²) >= 11 is 5.74. The molecule has 0 spiro atoms. The molecule has 1 aromatic carbocycles. The zero-order valence-electron chi connectivity index (χ0n) is 13.3. The summed E-state index contributed by atoms with van der Waals surface area (Å²) in [4.78, 5) is 24.2. The van der Waals surface area contributed by atoms with Crippen molar-refractivity contribution in [3.63, 3.8) is 0 Å². The topological polar surface area (TPSA) is 79.2 Å². The molecule has 0 radical (unpaired) electrons. The molecule has 5 nitrogen and oxygen atoms in total. The number of carbonyl (C=O) groups is 2. The maximum atomic E-state index is 13.7. The third-order valence-corrected chi connectivity index (χ3v) is 4.32. The number of rotatable bonds is 4. The lowest BCUT2D eigenvalue weighted by molar-refractivity contribution is -0.130. The van der Waals surface area contributed by atoms with Gasteiger partial charge in [0.25, 0.3) is 5.91 Å². The molecule has 1 N–H and O–H groups in total. The molecule has 24 heavy (non-hydrogen) atoms. The Bertz CT molecular complexity index is 681. The summed E-state index contributed by atoms with van der Waals surface area (Å²) in [5.74, 6) is -2.33. The number of nitrogens with one attached hydrogen (secondary N) is 1. The first-order valence-corrected chi connectivity index (χ1v) is 8.14. The van der Waals surface area contributed by atoms with Crippen LogP contribution in [0.3, 0.4) is 0 Å². The van der Waals surface area contributed by atoms with Crippen LogP contribution in [0.15, 0.2) is 18.2 Å². The lowest BCUT2D eigenvalue weighted by Gasteiger charge is -2.32. The third kappa shape index (κ3) is 4.24. The number of hydrogen-bond donors (Lipinski definition) is 1. The maximum absolute atomic E-state index is 13.7. The Hall–Kier alpha value is -2.13. The Morgan fingerprint density at radius 1 is 1.38 bits per heavy atom. The highest BCUT2D eigenvalue weighted by Crippen LogP contribution is 2.27. The minimum atomic E-state index is -1.15. The van der Waals surface area contributed by atoms with Crippen molar-refractivity contribution in [2.24, 2.45) is 0 Å². The van der Waals surface area contributed by atoms with E-state index < -0.39 is 29.3 Å². The fraction of sp³-hybridized carbons (Fsp3) is 0.471. The third-order valence-electron chi connectivity index (χ3n) is 4.08. The molecule has 7 heteroatoms. The number of amides is 1. The van der Waals surface area contributed by atoms with E-state index in [0.29, 0.717) is 12.8 Å². The van der Waals surface area contributed by atoms with Crippen LogP contribution >= 0.6 is 11.6 Å². The predicted molar refractivity (Wildman–Crippen MR) is 85.9 cm³/mol. The van der Waals surface area contributed by atoms with Gasteiger partial charge in [0.05, 0.1) is 11.6 Å². The first-order chi connectivity index (χ1) is 11.4. The second-order valence-corrected chi connectivity index (χ2v) is 6.35. The number of halogens is 2. The van der Waals surface area contributed by atoms with Crippen molar-refractivity contribution in [2.45, 2.75) is 50.7 Å². The van der Waals surface area contributed by atoms with Gasteiger partial charge in [-0.15, -0.1) is 0 Å². The van der Waals surface area contributed by atoms with Gasteiger partial charge in [0, 0.05) is 5.02 Å². The normalized spacial score (nSPS) is 17.4. The van der Waals surface area contributed by atoms with Crippen molar-refractivity contribution in [1.82, 2.24) is 5.32 Å². The van der Waals surface area contributed by atoms with Crippen molar-refractivity contribution in [2.75, 3.05) is 0 Å². The van der Waals surface area contributed by atoms with Crippen molar-refractivity contribution in [1.29, 1.82) is 5.26 Å². The Morgan fingerprint density at radius 3 is 2.67 bits per heavy atom. The summed E-state index contributed by atoms with van der Waals surface area (Å²) < 4.78 is 18.7. The molecule has 1 saturated carbocycles. The number of nitriles is 1. The molecule has 128 valence electrons.